The maximum absolute atomic E-state index is 8.73. The highest BCUT2D eigenvalue weighted by molar-refractivity contribution is 6.16. The molecule has 9 aromatic carbocycles. The fourth-order valence-electron chi connectivity index (χ4n) is 9.33. The molecule has 0 amide bonds. The number of rotatable bonds is 6. The number of benzene rings is 9. The van der Waals surface area contributed by atoms with E-state index in [1.165, 1.54) is 0 Å². The van der Waals surface area contributed by atoms with Crippen molar-refractivity contribution in [2.24, 2.45) is 0 Å². The van der Waals surface area contributed by atoms with Crippen molar-refractivity contribution in [1.82, 2.24) is 24.1 Å². The molecule has 6 nitrogen and oxygen atoms in total. The van der Waals surface area contributed by atoms with Crippen LogP contribution in [-0.2, 0) is 0 Å². The van der Waals surface area contributed by atoms with E-state index in [2.05, 4.69) is 94.1 Å². The van der Waals surface area contributed by atoms with Gasteiger partial charge in [0.1, 0.15) is 11.2 Å². The second kappa shape index (κ2) is 14.0. The van der Waals surface area contributed by atoms with Crippen molar-refractivity contribution < 1.29 is 11.3 Å². The fraction of sp³-hybridized carbons (Fsp3) is 0. The zero-order chi connectivity index (χ0) is 45.8. The molecule has 0 saturated carbocycles. The van der Waals surface area contributed by atoms with Crippen molar-refractivity contribution in [2.45, 2.75) is 0 Å². The van der Waals surface area contributed by atoms with E-state index >= 15 is 0 Å². The van der Waals surface area contributed by atoms with Gasteiger partial charge in [0.25, 0.3) is 0 Å². The first-order valence-electron chi connectivity index (χ1n) is 23.3. The molecule has 0 N–H and O–H groups in total. The van der Waals surface area contributed by atoms with Crippen molar-refractivity contribution >= 4 is 65.6 Å². The summed E-state index contributed by atoms with van der Waals surface area (Å²) in [4.78, 5) is 15.7. The first-order chi connectivity index (χ1) is 33.3. The lowest BCUT2D eigenvalue weighted by Gasteiger charge is -2.12. The summed E-state index contributed by atoms with van der Waals surface area (Å²) in [5.41, 5.74) is 10.5. The number of fused-ring (bicyclic) bond motifs is 9. The molecule has 294 valence electrons. The number of hydrogen-bond acceptors (Lipinski definition) is 4. The molecule has 6 heteroatoms. The van der Waals surface area contributed by atoms with Gasteiger partial charge in [-0.15, -0.1) is 0 Å². The highest BCUT2D eigenvalue weighted by Crippen LogP contribution is 2.41. The maximum Gasteiger partial charge on any atom is 0.238 e. The lowest BCUT2D eigenvalue weighted by atomic mass is 9.99. The Morgan fingerprint density at radius 3 is 1.86 bits per heavy atom. The molecule has 0 radical (unpaired) electrons. The topological polar surface area (TPSA) is 61.7 Å². The van der Waals surface area contributed by atoms with E-state index in [0.717, 1.165) is 82.3 Å². The van der Waals surface area contributed by atoms with Crippen LogP contribution in [0.4, 0.5) is 0 Å². The van der Waals surface area contributed by atoms with Gasteiger partial charge < -0.3 is 8.98 Å². The van der Waals surface area contributed by atoms with Gasteiger partial charge in [-0.1, -0.05) is 164 Å². The molecule has 0 spiro atoms. The first-order valence-corrected chi connectivity index (χ1v) is 20.8. The summed E-state index contributed by atoms with van der Waals surface area (Å²) in [5, 5.41) is 5.93. The van der Waals surface area contributed by atoms with Gasteiger partial charge in [0, 0.05) is 55.2 Å². The Morgan fingerprint density at radius 1 is 0.381 bits per heavy atom. The van der Waals surface area contributed by atoms with Gasteiger partial charge in [-0.05, 0) is 64.7 Å². The van der Waals surface area contributed by atoms with Crippen molar-refractivity contribution in [3.8, 4) is 56.7 Å². The zero-order valence-corrected chi connectivity index (χ0v) is 33.5. The average molecular weight is 811 g/mol. The monoisotopic (exact) mass is 810 g/mol. The van der Waals surface area contributed by atoms with Crippen molar-refractivity contribution in [3.63, 3.8) is 0 Å². The van der Waals surface area contributed by atoms with E-state index in [4.69, 9.17) is 26.2 Å². The van der Waals surface area contributed by atoms with Gasteiger partial charge in [-0.2, -0.15) is 9.97 Å². The number of furan rings is 1. The number of aromatic nitrogens is 5. The third-order valence-corrected chi connectivity index (χ3v) is 12.1. The van der Waals surface area contributed by atoms with Gasteiger partial charge in [0.05, 0.1) is 28.9 Å². The van der Waals surface area contributed by atoms with Crippen LogP contribution in [0.3, 0.4) is 0 Å². The van der Waals surface area contributed by atoms with Crippen LogP contribution < -0.4 is 0 Å². The standard InChI is InChI=1S/C57H35N5O/c1-4-16-36(17-5-1)39-30-32-43-42-22-10-12-26-47(42)61(50(43)34-39)40-31-33-45-52(35-40)63-51-29-15-25-46(54(45)51)56-58-55(38-20-8-3-9-21-38)59-57(60-56)62-48-27-13-11-23-44(48)53-41(24-14-28-49(53)62)37-18-6-2-7-19-37/h1-35H/i1D,4D,5D,16D,17D. The van der Waals surface area contributed by atoms with E-state index in [0.29, 0.717) is 34.3 Å². The van der Waals surface area contributed by atoms with Crippen LogP contribution in [-0.4, -0.2) is 24.1 Å². The number of para-hydroxylation sites is 2. The normalized spacial score (nSPS) is 12.9. The lowest BCUT2D eigenvalue weighted by molar-refractivity contribution is 0.668. The van der Waals surface area contributed by atoms with Crippen LogP contribution >= 0.6 is 0 Å². The highest BCUT2D eigenvalue weighted by atomic mass is 16.3. The van der Waals surface area contributed by atoms with Gasteiger partial charge in [0.15, 0.2) is 11.6 Å². The smallest absolute Gasteiger partial charge is 0.238 e. The SMILES string of the molecule is [2H]c1c([2H])c([2H])c(-c2ccc3c4ccccc4n(-c4ccc5c(c4)oc4cccc(-c6nc(-c7ccccc7)nc(-n7c8ccccc8c8c(-c9ccccc9)cccc87)n6)c45)c3c2)c([2H])c1[2H]. The zero-order valence-electron chi connectivity index (χ0n) is 38.5. The summed E-state index contributed by atoms with van der Waals surface area (Å²) in [6, 6.07) is 59.5. The molecule has 13 rings (SSSR count). The predicted octanol–water partition coefficient (Wildman–Crippen LogP) is 14.6. The molecular formula is C57H35N5O. The minimum atomic E-state index is -0.422. The van der Waals surface area contributed by atoms with Gasteiger partial charge in [0.2, 0.25) is 5.95 Å². The van der Waals surface area contributed by atoms with Crippen molar-refractivity contribution in [1.29, 1.82) is 0 Å². The first kappa shape index (κ1) is 30.4. The predicted molar refractivity (Wildman–Crippen MR) is 258 cm³/mol. The third-order valence-electron chi connectivity index (χ3n) is 12.1. The Labute approximate surface area is 368 Å². The molecule has 13 aromatic rings. The van der Waals surface area contributed by atoms with E-state index in [1.54, 1.807) is 0 Å². The van der Waals surface area contributed by atoms with E-state index in [9.17, 15) is 0 Å². The van der Waals surface area contributed by atoms with Crippen LogP contribution in [0, 0.1) is 0 Å². The Morgan fingerprint density at radius 2 is 1.03 bits per heavy atom. The highest BCUT2D eigenvalue weighted by Gasteiger charge is 2.22. The molecule has 4 heterocycles. The van der Waals surface area contributed by atoms with Gasteiger partial charge in [-0.3, -0.25) is 4.57 Å². The molecule has 0 aliphatic carbocycles. The van der Waals surface area contributed by atoms with Gasteiger partial charge >= 0.3 is 0 Å². The summed E-state index contributed by atoms with van der Waals surface area (Å²) in [5.74, 6) is 1.53. The summed E-state index contributed by atoms with van der Waals surface area (Å²) >= 11 is 0. The molecule has 0 aliphatic heterocycles. The molecule has 0 unspecified atom stereocenters. The summed E-state index contributed by atoms with van der Waals surface area (Å²) < 4.78 is 53.3. The van der Waals surface area contributed by atoms with E-state index in [-0.39, 0.29) is 29.7 Å². The molecule has 63 heavy (non-hydrogen) atoms. The Balaban J connectivity index is 1.01. The largest absolute Gasteiger partial charge is 0.456 e. The summed E-state index contributed by atoms with van der Waals surface area (Å²) in [6.45, 7) is 0. The molecule has 0 fully saturated rings. The van der Waals surface area contributed by atoms with E-state index in [1.807, 2.05) is 97.1 Å². The third kappa shape index (κ3) is 5.55. The Bertz CT molecular complexity index is 4190. The van der Waals surface area contributed by atoms with Crippen LogP contribution in [0.1, 0.15) is 6.85 Å². The maximum atomic E-state index is 8.73. The van der Waals surface area contributed by atoms with Crippen molar-refractivity contribution in [3.05, 3.63) is 212 Å². The lowest BCUT2D eigenvalue weighted by Crippen LogP contribution is -2.06. The minimum absolute atomic E-state index is 0.155. The van der Waals surface area contributed by atoms with Gasteiger partial charge in [-0.25, -0.2) is 4.98 Å². The summed E-state index contributed by atoms with van der Waals surface area (Å²) in [7, 11) is 0. The second-order valence-electron chi connectivity index (χ2n) is 15.6. The average Bonchev–Trinajstić information content (AvgIpc) is 4.05. The van der Waals surface area contributed by atoms with E-state index < -0.39 is 6.04 Å². The van der Waals surface area contributed by atoms with Crippen LogP contribution in [0.15, 0.2) is 217 Å². The molecule has 0 saturated heterocycles. The van der Waals surface area contributed by atoms with Crippen LogP contribution in [0.2, 0.25) is 0 Å². The Hall–Kier alpha value is -8.61. The molecule has 0 aliphatic rings. The molecule has 4 aromatic heterocycles. The minimum Gasteiger partial charge on any atom is -0.456 e. The second-order valence-corrected chi connectivity index (χ2v) is 15.6. The van der Waals surface area contributed by atoms with Crippen molar-refractivity contribution in [2.75, 3.05) is 0 Å². The summed E-state index contributed by atoms with van der Waals surface area (Å²) in [6.07, 6.45) is 0. The number of nitrogens with zero attached hydrogens (tertiary/aromatic N) is 5. The number of hydrogen-bond donors (Lipinski definition) is 0. The molecule has 0 bridgehead atoms. The fourth-order valence-corrected chi connectivity index (χ4v) is 9.33. The Kier molecular flexibility index (Phi) is 6.75. The van der Waals surface area contributed by atoms with Crippen LogP contribution in [0.25, 0.3) is 122 Å². The molecular weight excluding hydrogens is 771 g/mol. The molecule has 0 atom stereocenters. The van der Waals surface area contributed by atoms with Crippen LogP contribution in [0.5, 0.6) is 0 Å². The quantitative estimate of drug-likeness (QED) is 0.168.